The minimum absolute atomic E-state index is 0. The first-order valence-electron chi connectivity index (χ1n) is 33.6. The van der Waals surface area contributed by atoms with Crippen molar-refractivity contribution < 1.29 is 85.8 Å². The van der Waals surface area contributed by atoms with Crippen LogP contribution in [0.4, 0.5) is 22.7 Å². The number of hydrogen-bond donors (Lipinski definition) is 0. The van der Waals surface area contributed by atoms with Gasteiger partial charge in [-0.15, -0.1) is 35.1 Å². The monoisotopic (exact) mass is 1630 g/mol. The Hall–Kier alpha value is -0.753. The van der Waals surface area contributed by atoms with E-state index in [-0.39, 0.29) is 76.3 Å². The van der Waals surface area contributed by atoms with Crippen LogP contribution in [0.1, 0.15) is 203 Å². The van der Waals surface area contributed by atoms with E-state index in [9.17, 15) is 0 Å². The average Bonchev–Trinajstić information content (AvgIpc) is 4.17. The molecule has 2 heterocycles. The van der Waals surface area contributed by atoms with Crippen LogP contribution in [-0.4, -0.2) is 88.2 Å². The van der Waals surface area contributed by atoms with Crippen LogP contribution in [0, 0.1) is 76.3 Å². The standard InChI is InChI=1S/2C27H42N2Si.2C6H18NSi2.2C4H6O.2Dy/c2*1-18(2)22-13-11-14-23(19(3)4)26(22)28-17-30(9,10)29-27-24(20(5)6)15-12-16-25(27)21(7)8;2*1-8(2,3)7-9(4,5)6;2*1-2-4-5-3-1;;/h2*11-16,18-21H,17H2,1-10H3;2*1-6H3;2*1-2H,3-4H2;;/q2*-2;2*-1;;;2*+3. The largest absolute Gasteiger partial charge is 3.00 e. The van der Waals surface area contributed by atoms with Gasteiger partial charge in [-0.25, -0.2) is 0 Å². The molecular weight excluding hydrogens is 1500 g/mol. The SMILES string of the molecule is C1=CCOC1.C1=CCOC1.CC(C)c1cccc(C(C)C)c1[N-]C[Si](C)(C)[N-]c1c(C(C)C)cccc1C(C)C.CC(C)c1cccc(C(C)C)c1[N-]C[Si](C)(C)[N-]c1c(C(C)C)cccc1C(C)C.C[Si](C)(C)[N-][Si](C)(C)C.C[Si](C)(C)[N-][Si](C)(C)C.[Dy+3].[Dy+3]. The first-order valence-corrected chi connectivity index (χ1v) is 53.7. The van der Waals surface area contributed by atoms with Crippen molar-refractivity contribution in [1.29, 1.82) is 0 Å². The molecule has 4 aromatic rings. The summed E-state index contributed by atoms with van der Waals surface area (Å²) in [5.41, 5.74) is 15.8. The molecule has 0 amide bonds. The fraction of sp³-hybridized carbons (Fsp3) is 0.622. The molecule has 2 aliphatic rings. The summed E-state index contributed by atoms with van der Waals surface area (Å²) >= 11 is 0. The van der Waals surface area contributed by atoms with Crippen LogP contribution in [-0.2, 0) is 9.47 Å². The van der Waals surface area contributed by atoms with E-state index in [1.54, 1.807) is 0 Å². The average molecular weight is 1630 g/mol. The quantitative estimate of drug-likeness (QED) is 0.0578. The van der Waals surface area contributed by atoms with Crippen LogP contribution >= 0.6 is 0 Å². The molecule has 0 bridgehead atoms. The van der Waals surface area contributed by atoms with Crippen molar-refractivity contribution in [2.75, 3.05) is 38.8 Å². The Balaban J connectivity index is 0. The van der Waals surface area contributed by atoms with Gasteiger partial charge in [-0.3, -0.25) is 0 Å². The van der Waals surface area contributed by atoms with Gasteiger partial charge in [-0.05, 0) is 47.3 Å². The minimum atomic E-state index is -1.94. The molecule has 16 heteroatoms. The van der Waals surface area contributed by atoms with E-state index in [0.29, 0.717) is 47.3 Å². The molecule has 0 unspecified atom stereocenters. The van der Waals surface area contributed by atoms with Gasteiger partial charge in [0.25, 0.3) is 0 Å². The second kappa shape index (κ2) is 42.8. The van der Waals surface area contributed by atoms with Crippen molar-refractivity contribution in [3.8, 4) is 0 Å². The molecule has 0 saturated carbocycles. The molecule has 0 aliphatic carbocycles. The minimum Gasteiger partial charge on any atom is -0.688 e. The van der Waals surface area contributed by atoms with Crippen molar-refractivity contribution in [2.45, 2.75) is 263 Å². The second-order valence-electron chi connectivity index (χ2n) is 31.8. The Morgan fingerprint density at radius 2 is 0.456 bits per heavy atom. The van der Waals surface area contributed by atoms with E-state index in [1.165, 1.54) is 67.3 Å². The number of para-hydroxylation sites is 2. The molecule has 0 N–H and O–H groups in total. The molecule has 2 aliphatic heterocycles. The molecule has 514 valence electrons. The van der Waals surface area contributed by atoms with Crippen molar-refractivity contribution in [3.63, 3.8) is 0 Å². The van der Waals surface area contributed by atoms with Crippen LogP contribution in [0.5, 0.6) is 0 Å². The zero-order chi connectivity index (χ0) is 67.8. The Morgan fingerprint density at radius 3 is 0.578 bits per heavy atom. The summed E-state index contributed by atoms with van der Waals surface area (Å²) in [4.78, 5) is 10.9. The summed E-state index contributed by atoms with van der Waals surface area (Å²) in [5.74, 6) is 3.77. The zero-order valence-electron chi connectivity index (χ0n) is 63.2. The molecule has 0 aromatic heterocycles. The number of benzene rings is 4. The van der Waals surface area contributed by atoms with Gasteiger partial charge < -0.3 is 39.4 Å². The van der Waals surface area contributed by atoms with Gasteiger partial charge in [0.05, 0.1) is 26.4 Å². The molecule has 2 radical (unpaired) electrons. The van der Waals surface area contributed by atoms with Crippen LogP contribution < -0.4 is 0 Å². The van der Waals surface area contributed by atoms with Gasteiger partial charge in [0.1, 0.15) is 0 Å². The molecule has 90 heavy (non-hydrogen) atoms. The third-order valence-corrected chi connectivity index (χ3v) is 28.2. The Bertz CT molecular complexity index is 2370. The van der Waals surface area contributed by atoms with Crippen molar-refractivity contribution in [3.05, 3.63) is 172 Å². The molecule has 8 nitrogen and oxygen atoms in total. The Morgan fingerprint density at radius 1 is 0.289 bits per heavy atom. The first kappa shape index (κ1) is 91.3. The normalized spacial score (nSPS) is 13.3. The number of nitrogens with zero attached hydrogens (tertiary/aromatic N) is 6. The molecule has 4 aromatic carbocycles. The molecule has 0 atom stereocenters. The number of rotatable bonds is 22. The molecule has 6 rings (SSSR count). The van der Waals surface area contributed by atoms with Gasteiger partial charge >= 0.3 is 76.3 Å². The van der Waals surface area contributed by atoms with Crippen LogP contribution in [0.25, 0.3) is 29.9 Å². The van der Waals surface area contributed by atoms with E-state index in [2.05, 4.69) is 288 Å². The topological polar surface area (TPSA) is 103 Å². The molecular formula is C74H132Dy2N6O2Si6. The Kier molecular flexibility index (Phi) is 43.4. The maximum absolute atomic E-state index is 5.44. The summed E-state index contributed by atoms with van der Waals surface area (Å²) in [6.45, 7) is 76.5. The summed E-state index contributed by atoms with van der Waals surface area (Å²) in [6, 6.07) is 26.7. The maximum Gasteiger partial charge on any atom is 3.00 e. The zero-order valence-corrected chi connectivity index (χ0v) is 73.3. The van der Waals surface area contributed by atoms with Crippen molar-refractivity contribution in [1.82, 2.24) is 0 Å². The fourth-order valence-corrected chi connectivity index (χ4v) is 29.6. The van der Waals surface area contributed by atoms with Gasteiger partial charge in [0, 0.05) is 0 Å². The van der Waals surface area contributed by atoms with Gasteiger partial charge in [0.15, 0.2) is 0 Å². The number of hydrogen-bond acceptors (Lipinski definition) is 2. The third-order valence-electron chi connectivity index (χ3n) is 14.0. The molecule has 0 saturated heterocycles. The predicted octanol–water partition coefficient (Wildman–Crippen LogP) is 26.5. The van der Waals surface area contributed by atoms with Crippen LogP contribution in [0.3, 0.4) is 0 Å². The van der Waals surface area contributed by atoms with E-state index in [4.69, 9.17) is 39.4 Å². The summed E-state index contributed by atoms with van der Waals surface area (Å²) in [6.07, 6.45) is 9.70. The number of ether oxygens (including phenoxy) is 2. The van der Waals surface area contributed by atoms with Gasteiger partial charge in [-0.1, -0.05) is 407 Å². The van der Waals surface area contributed by atoms with Gasteiger partial charge in [0.2, 0.25) is 0 Å². The summed E-state index contributed by atoms with van der Waals surface area (Å²) in [7, 11) is -8.30. The Labute approximate surface area is 624 Å². The van der Waals surface area contributed by atoms with E-state index in [1.807, 2.05) is 24.3 Å². The molecule has 0 fully saturated rings. The van der Waals surface area contributed by atoms with E-state index < -0.39 is 49.4 Å². The summed E-state index contributed by atoms with van der Waals surface area (Å²) in [5, 5.41) is 10.5. The van der Waals surface area contributed by atoms with Crippen molar-refractivity contribution >= 4 is 72.2 Å². The third kappa shape index (κ3) is 37.7. The maximum atomic E-state index is 5.44. The smallest absolute Gasteiger partial charge is 0.688 e. The van der Waals surface area contributed by atoms with Crippen LogP contribution in [0.15, 0.2) is 97.1 Å². The first-order chi connectivity index (χ1) is 40.3. The van der Waals surface area contributed by atoms with Gasteiger partial charge in [-0.2, -0.15) is 0 Å². The van der Waals surface area contributed by atoms with Crippen LogP contribution in [0.2, 0.25) is 105 Å². The van der Waals surface area contributed by atoms with E-state index in [0.717, 1.165) is 38.8 Å². The second-order valence-corrected chi connectivity index (χ2v) is 59.3. The van der Waals surface area contributed by atoms with E-state index >= 15 is 0 Å². The van der Waals surface area contributed by atoms with Crippen molar-refractivity contribution in [2.24, 2.45) is 0 Å². The fourth-order valence-electron chi connectivity index (χ4n) is 10.6. The molecule has 0 spiro atoms. The summed E-state index contributed by atoms with van der Waals surface area (Å²) < 4.78 is 19.3. The predicted molar refractivity (Wildman–Crippen MR) is 415 cm³/mol.